The van der Waals surface area contributed by atoms with E-state index in [1.54, 1.807) is 6.07 Å². The number of halogens is 1. The first kappa shape index (κ1) is 14.4. The van der Waals surface area contributed by atoms with Crippen LogP contribution < -0.4 is 0 Å². The van der Waals surface area contributed by atoms with Gasteiger partial charge in [-0.1, -0.05) is 38.9 Å². The predicted molar refractivity (Wildman–Crippen MR) is 69.9 cm³/mol. The molecular formula is C14H19FN2O. The Morgan fingerprint density at radius 3 is 2.39 bits per heavy atom. The number of hydrogen-bond acceptors (Lipinski definition) is 3. The Labute approximate surface area is 107 Å². The first-order chi connectivity index (χ1) is 8.58. The van der Waals surface area contributed by atoms with E-state index in [2.05, 4.69) is 10.1 Å². The molecule has 0 aliphatic rings. The molecule has 0 atom stereocenters. The quantitative estimate of drug-likeness (QED) is 0.796. The van der Waals surface area contributed by atoms with Gasteiger partial charge in [0.05, 0.1) is 5.56 Å². The second-order valence-electron chi connectivity index (χ2n) is 4.10. The lowest BCUT2D eigenvalue weighted by atomic mass is 10.1. The van der Waals surface area contributed by atoms with Crippen LogP contribution in [0.4, 0.5) is 4.39 Å². The van der Waals surface area contributed by atoms with Crippen molar-refractivity contribution in [3.05, 3.63) is 35.4 Å². The predicted octanol–water partition coefficient (Wildman–Crippen LogP) is 4.33. The molecule has 1 aromatic carbocycles. The summed E-state index contributed by atoms with van der Waals surface area (Å²) in [5.74, 6) is 0.668. The molecule has 0 unspecified atom stereocenters. The highest BCUT2D eigenvalue weighted by molar-refractivity contribution is 5.54. The van der Waals surface area contributed by atoms with Crippen LogP contribution in [0, 0.1) is 12.7 Å². The zero-order chi connectivity index (χ0) is 13.7. The van der Waals surface area contributed by atoms with Gasteiger partial charge in [0, 0.05) is 5.92 Å². The fourth-order valence-corrected chi connectivity index (χ4v) is 1.37. The summed E-state index contributed by atoms with van der Waals surface area (Å²) in [4.78, 5) is 4.15. The van der Waals surface area contributed by atoms with Crippen LogP contribution in [0.15, 0.2) is 22.7 Å². The van der Waals surface area contributed by atoms with Crippen LogP contribution >= 0.6 is 0 Å². The van der Waals surface area contributed by atoms with E-state index < -0.39 is 0 Å². The molecule has 0 fully saturated rings. The monoisotopic (exact) mass is 250 g/mol. The number of nitrogens with zero attached hydrogens (tertiary/aromatic N) is 2. The van der Waals surface area contributed by atoms with Crippen LogP contribution in [0.2, 0.25) is 0 Å². The van der Waals surface area contributed by atoms with Gasteiger partial charge in [-0.25, -0.2) is 4.39 Å². The third kappa shape index (κ3) is 3.15. The molecule has 0 bridgehead atoms. The van der Waals surface area contributed by atoms with Gasteiger partial charge >= 0.3 is 0 Å². The lowest BCUT2D eigenvalue weighted by Gasteiger charge is -1.98. The molecule has 0 saturated heterocycles. The average molecular weight is 250 g/mol. The number of aromatic nitrogens is 2. The fraction of sp³-hybridized carbons (Fsp3) is 0.429. The highest BCUT2D eigenvalue weighted by atomic mass is 19.1. The highest BCUT2D eigenvalue weighted by Gasteiger charge is 2.14. The molecule has 1 aromatic heterocycles. The standard InChI is InChI=1S/C12H13FN2O.C2H6/c1-7(2)11-14-12(16-15-11)9-5-4-8(3)6-10(9)13;1-2/h4-7H,1-3H3;1-2H3. The van der Waals surface area contributed by atoms with Crippen molar-refractivity contribution in [1.82, 2.24) is 10.1 Å². The van der Waals surface area contributed by atoms with Gasteiger partial charge < -0.3 is 4.52 Å². The number of aryl methyl sites for hydroxylation is 1. The zero-order valence-electron chi connectivity index (χ0n) is 11.5. The Bertz CT molecular complexity index is 506. The molecule has 98 valence electrons. The second kappa shape index (κ2) is 6.28. The SMILES string of the molecule is CC.Cc1ccc(-c2nc(C(C)C)no2)c(F)c1. The number of hydrogen-bond donors (Lipinski definition) is 0. The Balaban J connectivity index is 0.000000771. The van der Waals surface area contributed by atoms with Gasteiger partial charge in [-0.2, -0.15) is 4.98 Å². The summed E-state index contributed by atoms with van der Waals surface area (Å²) >= 11 is 0. The third-order valence-electron chi connectivity index (χ3n) is 2.31. The van der Waals surface area contributed by atoms with Gasteiger partial charge in [0.25, 0.3) is 5.89 Å². The first-order valence-corrected chi connectivity index (χ1v) is 6.18. The highest BCUT2D eigenvalue weighted by Crippen LogP contribution is 2.23. The fourth-order valence-electron chi connectivity index (χ4n) is 1.37. The summed E-state index contributed by atoms with van der Waals surface area (Å²) < 4.78 is 18.7. The van der Waals surface area contributed by atoms with Crippen molar-refractivity contribution in [2.75, 3.05) is 0 Å². The van der Waals surface area contributed by atoms with Crippen molar-refractivity contribution in [3.8, 4) is 11.5 Å². The summed E-state index contributed by atoms with van der Waals surface area (Å²) in [6.45, 7) is 9.75. The van der Waals surface area contributed by atoms with E-state index in [4.69, 9.17) is 4.52 Å². The molecule has 0 spiro atoms. The van der Waals surface area contributed by atoms with Crippen LogP contribution in [-0.4, -0.2) is 10.1 Å². The lowest BCUT2D eigenvalue weighted by molar-refractivity contribution is 0.417. The minimum atomic E-state index is -0.334. The summed E-state index contributed by atoms with van der Waals surface area (Å²) in [6.07, 6.45) is 0. The van der Waals surface area contributed by atoms with Crippen LogP contribution in [0.3, 0.4) is 0 Å². The number of benzene rings is 1. The Morgan fingerprint density at radius 2 is 1.89 bits per heavy atom. The van der Waals surface area contributed by atoms with Crippen molar-refractivity contribution in [1.29, 1.82) is 0 Å². The minimum Gasteiger partial charge on any atom is -0.334 e. The van der Waals surface area contributed by atoms with Gasteiger partial charge in [-0.05, 0) is 24.6 Å². The van der Waals surface area contributed by atoms with Crippen molar-refractivity contribution in [2.45, 2.75) is 40.5 Å². The molecule has 1 heterocycles. The van der Waals surface area contributed by atoms with E-state index in [1.165, 1.54) is 6.07 Å². The molecule has 4 heteroatoms. The normalized spacial score (nSPS) is 10.2. The van der Waals surface area contributed by atoms with Crippen molar-refractivity contribution in [2.24, 2.45) is 0 Å². The second-order valence-corrected chi connectivity index (χ2v) is 4.10. The molecule has 0 radical (unpaired) electrons. The average Bonchev–Trinajstić information content (AvgIpc) is 2.81. The molecule has 0 aliphatic carbocycles. The summed E-state index contributed by atoms with van der Waals surface area (Å²) in [5.41, 5.74) is 1.22. The van der Waals surface area contributed by atoms with E-state index in [0.717, 1.165) is 5.56 Å². The van der Waals surface area contributed by atoms with Gasteiger partial charge in [0.15, 0.2) is 5.82 Å². The maximum Gasteiger partial charge on any atom is 0.260 e. The van der Waals surface area contributed by atoms with Gasteiger partial charge in [-0.15, -0.1) is 0 Å². The molecule has 2 rings (SSSR count). The van der Waals surface area contributed by atoms with Gasteiger partial charge in [-0.3, -0.25) is 0 Å². The van der Waals surface area contributed by atoms with Gasteiger partial charge in [0.1, 0.15) is 5.82 Å². The van der Waals surface area contributed by atoms with Crippen LogP contribution in [0.25, 0.3) is 11.5 Å². The minimum absolute atomic E-state index is 0.172. The first-order valence-electron chi connectivity index (χ1n) is 6.18. The zero-order valence-corrected chi connectivity index (χ0v) is 11.5. The van der Waals surface area contributed by atoms with Crippen molar-refractivity contribution >= 4 is 0 Å². The molecule has 18 heavy (non-hydrogen) atoms. The van der Waals surface area contributed by atoms with E-state index in [-0.39, 0.29) is 17.6 Å². The topological polar surface area (TPSA) is 38.9 Å². The molecular weight excluding hydrogens is 231 g/mol. The summed E-state index contributed by atoms with van der Waals surface area (Å²) in [7, 11) is 0. The maximum atomic E-state index is 13.6. The lowest BCUT2D eigenvalue weighted by Crippen LogP contribution is -1.90. The molecule has 0 N–H and O–H groups in total. The van der Waals surface area contributed by atoms with Crippen molar-refractivity contribution < 1.29 is 8.91 Å². The molecule has 0 aliphatic heterocycles. The van der Waals surface area contributed by atoms with Crippen LogP contribution in [-0.2, 0) is 0 Å². The number of rotatable bonds is 2. The third-order valence-corrected chi connectivity index (χ3v) is 2.31. The summed E-state index contributed by atoms with van der Waals surface area (Å²) in [6, 6.07) is 4.93. The van der Waals surface area contributed by atoms with E-state index in [9.17, 15) is 4.39 Å². The van der Waals surface area contributed by atoms with E-state index in [1.807, 2.05) is 40.7 Å². The molecule has 2 aromatic rings. The Morgan fingerprint density at radius 1 is 1.22 bits per heavy atom. The van der Waals surface area contributed by atoms with E-state index in [0.29, 0.717) is 11.4 Å². The maximum absolute atomic E-state index is 13.6. The van der Waals surface area contributed by atoms with Crippen molar-refractivity contribution in [3.63, 3.8) is 0 Å². The summed E-state index contributed by atoms with van der Waals surface area (Å²) in [5, 5.41) is 3.80. The Kier molecular flexibility index (Phi) is 5.01. The molecule has 0 saturated carbocycles. The molecule has 0 amide bonds. The van der Waals surface area contributed by atoms with Crippen LogP contribution in [0.5, 0.6) is 0 Å². The molecule has 3 nitrogen and oxygen atoms in total. The smallest absolute Gasteiger partial charge is 0.260 e. The van der Waals surface area contributed by atoms with Crippen LogP contribution in [0.1, 0.15) is 45.0 Å². The Hall–Kier alpha value is -1.71. The largest absolute Gasteiger partial charge is 0.334 e. The van der Waals surface area contributed by atoms with E-state index >= 15 is 0 Å². The van der Waals surface area contributed by atoms with Gasteiger partial charge in [0.2, 0.25) is 0 Å².